The van der Waals surface area contributed by atoms with E-state index in [9.17, 15) is 9.59 Å². The third-order valence-corrected chi connectivity index (χ3v) is 4.40. The van der Waals surface area contributed by atoms with E-state index in [1.54, 1.807) is 7.11 Å². The zero-order valence-corrected chi connectivity index (χ0v) is 12.1. The third-order valence-electron chi connectivity index (χ3n) is 4.40. The molecule has 0 spiro atoms. The summed E-state index contributed by atoms with van der Waals surface area (Å²) in [5, 5.41) is 8.69. The summed E-state index contributed by atoms with van der Waals surface area (Å²) in [7, 11) is 1.69. The van der Waals surface area contributed by atoms with Crippen LogP contribution in [0, 0.1) is 5.92 Å². The quantitative estimate of drug-likeness (QED) is 0.847. The van der Waals surface area contributed by atoms with E-state index in [-0.39, 0.29) is 18.6 Å². The van der Waals surface area contributed by atoms with E-state index in [1.807, 2.05) is 9.80 Å². The standard InChI is InChI=1S/C14H24N2O4/c1-20-12-6-9-16(10-12)14(19)15-7-4-11(5-8-15)2-3-13(17)18/h11-12H,2-10H2,1H3,(H,17,18). The summed E-state index contributed by atoms with van der Waals surface area (Å²) in [6, 6.07) is 0.112. The van der Waals surface area contributed by atoms with Gasteiger partial charge in [-0.1, -0.05) is 0 Å². The number of nitrogens with zero attached hydrogens (tertiary/aromatic N) is 2. The maximum absolute atomic E-state index is 12.3. The smallest absolute Gasteiger partial charge is 0.320 e. The van der Waals surface area contributed by atoms with Crippen molar-refractivity contribution in [1.29, 1.82) is 0 Å². The first-order valence-corrected chi connectivity index (χ1v) is 7.38. The predicted molar refractivity (Wildman–Crippen MR) is 73.5 cm³/mol. The molecule has 1 N–H and O–H groups in total. The molecule has 2 aliphatic heterocycles. The lowest BCUT2D eigenvalue weighted by Crippen LogP contribution is -2.46. The first-order valence-electron chi connectivity index (χ1n) is 7.38. The van der Waals surface area contributed by atoms with E-state index in [2.05, 4.69) is 0 Å². The average molecular weight is 284 g/mol. The lowest BCUT2D eigenvalue weighted by atomic mass is 9.92. The monoisotopic (exact) mass is 284 g/mol. The second-order valence-corrected chi connectivity index (χ2v) is 5.74. The van der Waals surface area contributed by atoms with Crippen molar-refractivity contribution in [3.8, 4) is 0 Å². The maximum atomic E-state index is 12.3. The molecule has 0 aromatic carbocycles. The molecular formula is C14H24N2O4. The van der Waals surface area contributed by atoms with Crippen LogP contribution in [0.5, 0.6) is 0 Å². The van der Waals surface area contributed by atoms with Gasteiger partial charge in [0.1, 0.15) is 0 Å². The fourth-order valence-electron chi connectivity index (χ4n) is 3.03. The lowest BCUT2D eigenvalue weighted by molar-refractivity contribution is -0.137. The van der Waals surface area contributed by atoms with E-state index >= 15 is 0 Å². The maximum Gasteiger partial charge on any atom is 0.320 e. The summed E-state index contributed by atoms with van der Waals surface area (Å²) >= 11 is 0. The molecule has 20 heavy (non-hydrogen) atoms. The van der Waals surface area contributed by atoms with Crippen LogP contribution < -0.4 is 0 Å². The van der Waals surface area contributed by atoms with Crippen molar-refractivity contribution >= 4 is 12.0 Å². The molecular weight excluding hydrogens is 260 g/mol. The molecule has 2 amide bonds. The molecule has 0 aliphatic carbocycles. The number of ether oxygens (including phenoxy) is 1. The molecule has 0 aromatic rings. The predicted octanol–water partition coefficient (Wildman–Crippen LogP) is 1.40. The normalized spacial score (nSPS) is 24.1. The van der Waals surface area contributed by atoms with Crippen LogP contribution in [0.4, 0.5) is 4.79 Å². The van der Waals surface area contributed by atoms with Gasteiger partial charge in [0.25, 0.3) is 0 Å². The number of likely N-dealkylation sites (tertiary alicyclic amines) is 2. The minimum atomic E-state index is -0.730. The van der Waals surface area contributed by atoms with Crippen LogP contribution in [0.2, 0.25) is 0 Å². The van der Waals surface area contributed by atoms with Gasteiger partial charge in [0.15, 0.2) is 0 Å². The van der Waals surface area contributed by atoms with E-state index in [0.29, 0.717) is 12.5 Å². The first kappa shape index (κ1) is 15.1. The van der Waals surface area contributed by atoms with Crippen molar-refractivity contribution in [1.82, 2.24) is 9.80 Å². The highest BCUT2D eigenvalue weighted by atomic mass is 16.5. The Morgan fingerprint density at radius 2 is 1.80 bits per heavy atom. The third kappa shape index (κ3) is 3.85. The van der Waals surface area contributed by atoms with Gasteiger partial charge in [-0.3, -0.25) is 4.79 Å². The van der Waals surface area contributed by atoms with E-state index < -0.39 is 5.97 Å². The Hall–Kier alpha value is -1.30. The van der Waals surface area contributed by atoms with Crippen molar-refractivity contribution in [2.24, 2.45) is 5.92 Å². The molecule has 2 aliphatic rings. The highest BCUT2D eigenvalue weighted by molar-refractivity contribution is 5.75. The van der Waals surface area contributed by atoms with Crippen LogP contribution in [0.1, 0.15) is 32.1 Å². The van der Waals surface area contributed by atoms with Gasteiger partial charge < -0.3 is 19.6 Å². The molecule has 2 heterocycles. The molecule has 0 saturated carbocycles. The van der Waals surface area contributed by atoms with Gasteiger partial charge in [-0.2, -0.15) is 0 Å². The van der Waals surface area contributed by atoms with E-state index in [4.69, 9.17) is 9.84 Å². The van der Waals surface area contributed by atoms with Gasteiger partial charge in [0, 0.05) is 39.7 Å². The second-order valence-electron chi connectivity index (χ2n) is 5.74. The molecule has 0 aromatic heterocycles. The highest BCUT2D eigenvalue weighted by Crippen LogP contribution is 2.23. The number of carboxylic acids is 1. The number of urea groups is 1. The van der Waals surface area contributed by atoms with Gasteiger partial charge in [0.05, 0.1) is 6.10 Å². The van der Waals surface area contributed by atoms with Crippen LogP contribution >= 0.6 is 0 Å². The number of carbonyl (C=O) groups excluding carboxylic acids is 1. The molecule has 0 bridgehead atoms. The van der Waals surface area contributed by atoms with Crippen LogP contribution in [0.3, 0.4) is 0 Å². The number of amides is 2. The van der Waals surface area contributed by atoms with Gasteiger partial charge in [-0.15, -0.1) is 0 Å². The average Bonchev–Trinajstić information content (AvgIpc) is 2.94. The zero-order valence-electron chi connectivity index (χ0n) is 12.1. The minimum absolute atomic E-state index is 0.112. The number of rotatable bonds is 4. The Balaban J connectivity index is 1.73. The Bertz CT molecular complexity index is 353. The summed E-state index contributed by atoms with van der Waals surface area (Å²) in [4.78, 5) is 26.7. The first-order chi connectivity index (χ1) is 9.60. The summed E-state index contributed by atoms with van der Waals surface area (Å²) in [6.07, 6.45) is 3.89. The fourth-order valence-corrected chi connectivity index (χ4v) is 3.03. The van der Waals surface area contributed by atoms with Crippen LogP contribution in [-0.2, 0) is 9.53 Å². The molecule has 2 saturated heterocycles. The van der Waals surface area contributed by atoms with E-state index in [0.717, 1.165) is 45.3 Å². The number of methoxy groups -OCH3 is 1. The highest BCUT2D eigenvalue weighted by Gasteiger charge is 2.31. The summed E-state index contributed by atoms with van der Waals surface area (Å²) < 4.78 is 5.28. The van der Waals surface area contributed by atoms with Crippen molar-refractivity contribution in [3.05, 3.63) is 0 Å². The lowest BCUT2D eigenvalue weighted by Gasteiger charge is -2.34. The Kier molecular flexibility index (Phi) is 5.23. The molecule has 6 nitrogen and oxygen atoms in total. The molecule has 114 valence electrons. The largest absolute Gasteiger partial charge is 0.481 e. The Morgan fingerprint density at radius 1 is 1.15 bits per heavy atom. The molecule has 0 radical (unpaired) electrons. The molecule has 6 heteroatoms. The van der Waals surface area contributed by atoms with Gasteiger partial charge in [0.2, 0.25) is 0 Å². The Morgan fingerprint density at radius 3 is 2.35 bits per heavy atom. The number of piperidine rings is 1. The number of aliphatic carboxylic acids is 1. The molecule has 2 rings (SSSR count). The number of carboxylic acid groups (broad SMARTS) is 1. The second kappa shape index (κ2) is 6.92. The number of hydrogen-bond donors (Lipinski definition) is 1. The molecule has 1 atom stereocenters. The topological polar surface area (TPSA) is 70.1 Å². The van der Waals surface area contributed by atoms with Crippen molar-refractivity contribution in [2.75, 3.05) is 33.3 Å². The number of carbonyl (C=O) groups is 2. The summed E-state index contributed by atoms with van der Waals surface area (Å²) in [6.45, 7) is 2.96. The summed E-state index contributed by atoms with van der Waals surface area (Å²) in [5.41, 5.74) is 0. The van der Waals surface area contributed by atoms with E-state index in [1.165, 1.54) is 0 Å². The Labute approximate surface area is 119 Å². The van der Waals surface area contributed by atoms with Crippen molar-refractivity contribution < 1.29 is 19.4 Å². The van der Waals surface area contributed by atoms with Gasteiger partial charge in [-0.05, 0) is 31.6 Å². The molecule has 2 fully saturated rings. The minimum Gasteiger partial charge on any atom is -0.481 e. The fraction of sp³-hybridized carbons (Fsp3) is 0.857. The SMILES string of the molecule is COC1CCN(C(=O)N2CCC(CCC(=O)O)CC2)C1. The number of hydrogen-bond acceptors (Lipinski definition) is 3. The van der Waals surface area contributed by atoms with Crippen molar-refractivity contribution in [3.63, 3.8) is 0 Å². The van der Waals surface area contributed by atoms with Crippen LogP contribution in [0.15, 0.2) is 0 Å². The zero-order chi connectivity index (χ0) is 14.5. The van der Waals surface area contributed by atoms with Gasteiger partial charge in [-0.25, -0.2) is 4.79 Å². The summed E-state index contributed by atoms with van der Waals surface area (Å²) in [5.74, 6) is -0.286. The molecule has 1 unspecified atom stereocenters. The van der Waals surface area contributed by atoms with Crippen molar-refractivity contribution in [2.45, 2.75) is 38.2 Å². The van der Waals surface area contributed by atoms with Crippen LogP contribution in [-0.4, -0.2) is 66.3 Å². The van der Waals surface area contributed by atoms with Crippen LogP contribution in [0.25, 0.3) is 0 Å². The van der Waals surface area contributed by atoms with Gasteiger partial charge >= 0.3 is 12.0 Å².